The van der Waals surface area contributed by atoms with Crippen LogP contribution in [0.15, 0.2) is 18.2 Å². The van der Waals surface area contributed by atoms with Gasteiger partial charge in [0.1, 0.15) is 12.4 Å². The SMILES string of the molecule is NC(=O)c1cc(Cl)ccc1OCCN1CCOCC1. The van der Waals surface area contributed by atoms with Crippen LogP contribution in [0.3, 0.4) is 0 Å². The number of amides is 1. The Kier molecular flexibility index (Phi) is 5.01. The van der Waals surface area contributed by atoms with Gasteiger partial charge in [-0.05, 0) is 18.2 Å². The van der Waals surface area contributed by atoms with E-state index in [1.165, 1.54) is 6.07 Å². The number of hydrogen-bond donors (Lipinski definition) is 1. The molecule has 104 valence electrons. The van der Waals surface area contributed by atoms with Crippen molar-refractivity contribution in [2.24, 2.45) is 5.73 Å². The standard InChI is InChI=1S/C13H17ClN2O3/c14-10-1-2-12(11(9-10)13(15)17)19-8-5-16-3-6-18-7-4-16/h1-2,9H,3-8H2,(H2,15,17). The number of primary amides is 1. The van der Waals surface area contributed by atoms with Gasteiger partial charge >= 0.3 is 0 Å². The van der Waals surface area contributed by atoms with Gasteiger partial charge in [0, 0.05) is 24.7 Å². The van der Waals surface area contributed by atoms with Gasteiger partial charge in [-0.2, -0.15) is 0 Å². The lowest BCUT2D eigenvalue weighted by Crippen LogP contribution is -2.38. The normalized spacial score (nSPS) is 16.3. The minimum absolute atomic E-state index is 0.314. The fourth-order valence-corrected chi connectivity index (χ4v) is 2.10. The van der Waals surface area contributed by atoms with Gasteiger partial charge in [-0.15, -0.1) is 0 Å². The topological polar surface area (TPSA) is 64.8 Å². The van der Waals surface area contributed by atoms with Crippen LogP contribution in [0.25, 0.3) is 0 Å². The van der Waals surface area contributed by atoms with E-state index in [9.17, 15) is 4.79 Å². The Hall–Kier alpha value is -1.30. The fraction of sp³-hybridized carbons (Fsp3) is 0.462. The van der Waals surface area contributed by atoms with Crippen molar-refractivity contribution in [3.8, 4) is 5.75 Å². The summed E-state index contributed by atoms with van der Waals surface area (Å²) in [6, 6.07) is 4.87. The molecule has 1 aliphatic rings. The lowest BCUT2D eigenvalue weighted by atomic mass is 10.2. The number of hydrogen-bond acceptors (Lipinski definition) is 4. The van der Waals surface area contributed by atoms with Crippen LogP contribution in [0, 0.1) is 0 Å². The molecule has 0 bridgehead atoms. The van der Waals surface area contributed by atoms with Crippen LogP contribution in [-0.4, -0.2) is 50.3 Å². The zero-order valence-electron chi connectivity index (χ0n) is 10.6. The summed E-state index contributed by atoms with van der Waals surface area (Å²) in [6.07, 6.45) is 0. The third-order valence-electron chi connectivity index (χ3n) is 2.98. The molecule has 1 aromatic rings. The number of nitrogens with two attached hydrogens (primary N) is 1. The monoisotopic (exact) mass is 284 g/mol. The van der Waals surface area contributed by atoms with Crippen molar-refractivity contribution >= 4 is 17.5 Å². The van der Waals surface area contributed by atoms with E-state index in [1.807, 2.05) is 0 Å². The second kappa shape index (κ2) is 6.75. The first-order valence-electron chi connectivity index (χ1n) is 6.19. The number of rotatable bonds is 5. The molecule has 0 aromatic heterocycles. The second-order valence-corrected chi connectivity index (χ2v) is 4.74. The summed E-state index contributed by atoms with van der Waals surface area (Å²) in [5.41, 5.74) is 5.61. The maximum absolute atomic E-state index is 11.3. The van der Waals surface area contributed by atoms with E-state index in [0.29, 0.717) is 22.9 Å². The molecule has 0 spiro atoms. The minimum Gasteiger partial charge on any atom is -0.491 e. The molecule has 6 heteroatoms. The van der Waals surface area contributed by atoms with Gasteiger partial charge in [-0.1, -0.05) is 11.6 Å². The van der Waals surface area contributed by atoms with E-state index >= 15 is 0 Å². The molecule has 2 N–H and O–H groups in total. The number of carbonyl (C=O) groups is 1. The lowest BCUT2D eigenvalue weighted by molar-refractivity contribution is 0.0322. The van der Waals surface area contributed by atoms with Crippen molar-refractivity contribution in [1.82, 2.24) is 4.90 Å². The highest BCUT2D eigenvalue weighted by Crippen LogP contribution is 2.22. The highest BCUT2D eigenvalue weighted by Gasteiger charge is 2.12. The molecule has 1 fully saturated rings. The molecule has 1 aliphatic heterocycles. The van der Waals surface area contributed by atoms with Crippen LogP contribution in [0.1, 0.15) is 10.4 Å². The third-order valence-corrected chi connectivity index (χ3v) is 3.21. The molecule has 0 radical (unpaired) electrons. The van der Waals surface area contributed by atoms with Crippen LogP contribution in [0.2, 0.25) is 5.02 Å². The molecule has 2 rings (SSSR count). The van der Waals surface area contributed by atoms with Gasteiger partial charge in [0.25, 0.3) is 5.91 Å². The Morgan fingerprint density at radius 2 is 2.16 bits per heavy atom. The Morgan fingerprint density at radius 1 is 1.42 bits per heavy atom. The summed E-state index contributed by atoms with van der Waals surface area (Å²) < 4.78 is 10.9. The van der Waals surface area contributed by atoms with Crippen LogP contribution in [0.5, 0.6) is 5.75 Å². The zero-order chi connectivity index (χ0) is 13.7. The summed E-state index contributed by atoms with van der Waals surface area (Å²) in [7, 11) is 0. The van der Waals surface area contributed by atoms with Crippen LogP contribution >= 0.6 is 11.6 Å². The molecule has 0 unspecified atom stereocenters. The summed E-state index contributed by atoms with van der Waals surface area (Å²) in [5.74, 6) is -0.0611. The average molecular weight is 285 g/mol. The van der Waals surface area contributed by atoms with Gasteiger partial charge in [0.2, 0.25) is 0 Å². The highest BCUT2D eigenvalue weighted by molar-refractivity contribution is 6.31. The van der Waals surface area contributed by atoms with Crippen molar-refractivity contribution in [2.45, 2.75) is 0 Å². The first-order valence-corrected chi connectivity index (χ1v) is 6.57. The molecule has 1 heterocycles. The third kappa shape index (κ3) is 4.09. The van der Waals surface area contributed by atoms with Gasteiger partial charge in [-0.25, -0.2) is 0 Å². The molecule has 0 atom stereocenters. The summed E-state index contributed by atoms with van der Waals surface area (Å²) >= 11 is 5.83. The molecule has 1 amide bonds. The summed E-state index contributed by atoms with van der Waals surface area (Å²) in [6.45, 7) is 4.63. The van der Waals surface area contributed by atoms with Crippen LogP contribution in [0.4, 0.5) is 0 Å². The number of halogens is 1. The van der Waals surface area contributed by atoms with E-state index in [-0.39, 0.29) is 0 Å². The molecule has 1 saturated heterocycles. The van der Waals surface area contributed by atoms with E-state index in [4.69, 9.17) is 26.8 Å². The van der Waals surface area contributed by atoms with Crippen molar-refractivity contribution < 1.29 is 14.3 Å². The molecule has 0 saturated carbocycles. The van der Waals surface area contributed by atoms with Crippen LogP contribution < -0.4 is 10.5 Å². The maximum Gasteiger partial charge on any atom is 0.252 e. The molecular weight excluding hydrogens is 268 g/mol. The molecule has 19 heavy (non-hydrogen) atoms. The number of benzene rings is 1. The number of ether oxygens (including phenoxy) is 2. The molecule has 0 aliphatic carbocycles. The largest absolute Gasteiger partial charge is 0.491 e. The van der Waals surface area contributed by atoms with Crippen molar-refractivity contribution in [1.29, 1.82) is 0 Å². The van der Waals surface area contributed by atoms with E-state index in [2.05, 4.69) is 4.90 Å². The van der Waals surface area contributed by atoms with Crippen molar-refractivity contribution in [2.75, 3.05) is 39.5 Å². The number of morpholine rings is 1. The van der Waals surface area contributed by atoms with Gasteiger partial charge < -0.3 is 15.2 Å². The smallest absolute Gasteiger partial charge is 0.252 e. The molecule has 1 aromatic carbocycles. The zero-order valence-corrected chi connectivity index (χ0v) is 11.4. The first-order chi connectivity index (χ1) is 9.16. The van der Waals surface area contributed by atoms with E-state index in [0.717, 1.165) is 32.8 Å². The predicted molar refractivity (Wildman–Crippen MR) is 72.7 cm³/mol. The van der Waals surface area contributed by atoms with Gasteiger partial charge in [0.15, 0.2) is 0 Å². The summed E-state index contributed by atoms with van der Waals surface area (Å²) in [5, 5.41) is 0.467. The van der Waals surface area contributed by atoms with E-state index in [1.54, 1.807) is 12.1 Å². The van der Waals surface area contributed by atoms with Crippen molar-refractivity contribution in [3.05, 3.63) is 28.8 Å². The average Bonchev–Trinajstić information content (AvgIpc) is 2.41. The van der Waals surface area contributed by atoms with Gasteiger partial charge in [-0.3, -0.25) is 9.69 Å². The predicted octanol–water partition coefficient (Wildman–Crippen LogP) is 1.15. The fourth-order valence-electron chi connectivity index (χ4n) is 1.93. The van der Waals surface area contributed by atoms with E-state index < -0.39 is 5.91 Å². The number of carbonyl (C=O) groups excluding carboxylic acids is 1. The van der Waals surface area contributed by atoms with Crippen molar-refractivity contribution in [3.63, 3.8) is 0 Å². The minimum atomic E-state index is -0.538. The first kappa shape index (κ1) is 14.1. The quantitative estimate of drug-likeness (QED) is 0.881. The summed E-state index contributed by atoms with van der Waals surface area (Å²) in [4.78, 5) is 13.5. The molecular formula is C13H17ClN2O3. The van der Waals surface area contributed by atoms with Crippen LogP contribution in [-0.2, 0) is 4.74 Å². The Morgan fingerprint density at radius 3 is 2.84 bits per heavy atom. The second-order valence-electron chi connectivity index (χ2n) is 4.31. The Bertz CT molecular complexity index is 448. The Balaban J connectivity index is 1.89. The Labute approximate surface area is 117 Å². The maximum atomic E-state index is 11.3. The van der Waals surface area contributed by atoms with Gasteiger partial charge in [0.05, 0.1) is 18.8 Å². The highest BCUT2D eigenvalue weighted by atomic mass is 35.5. The lowest BCUT2D eigenvalue weighted by Gasteiger charge is -2.26. The molecule has 5 nitrogen and oxygen atoms in total. The number of nitrogens with zero attached hydrogens (tertiary/aromatic N) is 1.